The van der Waals surface area contributed by atoms with Crippen LogP contribution in [0.2, 0.25) is 0 Å². The van der Waals surface area contributed by atoms with Gasteiger partial charge < -0.3 is 8.37 Å². The number of nitrogens with one attached hydrogen (secondary N) is 2. The van der Waals surface area contributed by atoms with Gasteiger partial charge in [-0.25, -0.2) is 35.9 Å². The molecule has 0 atom stereocenters. The van der Waals surface area contributed by atoms with Gasteiger partial charge in [0.25, 0.3) is 20.0 Å². The quantitative estimate of drug-likeness (QED) is 0.638. The minimum absolute atomic E-state index is 0.116. The first kappa shape index (κ1) is 19.5. The highest BCUT2D eigenvalue weighted by Gasteiger charge is 2.22. The van der Waals surface area contributed by atoms with E-state index in [-0.39, 0.29) is 20.7 Å². The van der Waals surface area contributed by atoms with Gasteiger partial charge in [-0.1, -0.05) is 12.1 Å². The van der Waals surface area contributed by atoms with Crippen molar-refractivity contribution < 1.29 is 34.8 Å². The van der Waals surface area contributed by atoms with Crippen molar-refractivity contribution in [1.82, 2.24) is 9.44 Å². The van der Waals surface area contributed by atoms with Crippen molar-refractivity contribution in [3.05, 3.63) is 35.0 Å². The van der Waals surface area contributed by atoms with Gasteiger partial charge in [-0.05, 0) is 22.9 Å². The number of carbonyl (C=O) groups excluding carboxylic acids is 2. The lowest BCUT2D eigenvalue weighted by molar-refractivity contribution is 0.201. The zero-order chi connectivity index (χ0) is 18.5. The van der Waals surface area contributed by atoms with Gasteiger partial charge in [0.15, 0.2) is 0 Å². The summed E-state index contributed by atoms with van der Waals surface area (Å²) in [6.07, 6.45) is -2.85. The van der Waals surface area contributed by atoms with E-state index in [1.807, 2.05) is 0 Å². The normalized spacial score (nSPS) is 11.5. The molecular weight excluding hydrogens is 436 g/mol. The zero-order valence-electron chi connectivity index (χ0n) is 11.8. The van der Waals surface area contributed by atoms with Gasteiger partial charge in [0.1, 0.15) is 8.42 Å². The number of hydrogen-bond donors (Lipinski definition) is 2. The number of thiophene rings is 2. The van der Waals surface area contributed by atoms with Gasteiger partial charge in [-0.3, -0.25) is 0 Å². The molecule has 15 heteroatoms. The summed E-state index contributed by atoms with van der Waals surface area (Å²) < 4.78 is 58.3. The maximum absolute atomic E-state index is 11.7. The number of carbonyl (C=O) groups is 2. The summed E-state index contributed by atoms with van der Waals surface area (Å²) in [5.74, 6) is 0. The summed E-state index contributed by atoms with van der Waals surface area (Å²) >= 11 is 1.56. The fourth-order valence-electron chi connectivity index (χ4n) is 1.27. The minimum Gasteiger partial charge on any atom is -0.336 e. The van der Waals surface area contributed by atoms with Gasteiger partial charge in [-0.15, -0.1) is 22.7 Å². The predicted molar refractivity (Wildman–Crippen MR) is 89.8 cm³/mol. The monoisotopic (exact) mass is 444 g/mol. The fourth-order valence-corrected chi connectivity index (χ4v) is 5.34. The second-order valence-electron chi connectivity index (χ2n) is 3.88. The molecule has 2 heterocycles. The molecule has 2 N–H and O–H groups in total. The van der Waals surface area contributed by atoms with Gasteiger partial charge in [0, 0.05) is 0 Å². The molecule has 0 unspecified atom stereocenters. The van der Waals surface area contributed by atoms with Gasteiger partial charge in [0.2, 0.25) is 0 Å². The van der Waals surface area contributed by atoms with Crippen molar-refractivity contribution in [2.75, 3.05) is 0 Å². The highest BCUT2D eigenvalue weighted by molar-refractivity contribution is 7.93. The summed E-state index contributed by atoms with van der Waals surface area (Å²) in [4.78, 5) is 22.7. The van der Waals surface area contributed by atoms with E-state index < -0.39 is 32.2 Å². The lowest BCUT2D eigenvalue weighted by Gasteiger charge is -2.06. The summed E-state index contributed by atoms with van der Waals surface area (Å²) in [6.45, 7) is 0. The van der Waals surface area contributed by atoms with Gasteiger partial charge in [0.05, 0.1) is 0 Å². The third kappa shape index (κ3) is 5.60. The molecule has 0 radical (unpaired) electrons. The van der Waals surface area contributed by atoms with Crippen molar-refractivity contribution in [3.63, 3.8) is 0 Å². The van der Waals surface area contributed by atoms with Crippen LogP contribution in [0.5, 0.6) is 0 Å². The molecule has 0 fully saturated rings. The maximum Gasteiger partial charge on any atom is 0.435 e. The van der Waals surface area contributed by atoms with Crippen molar-refractivity contribution in [1.29, 1.82) is 0 Å². The highest BCUT2D eigenvalue weighted by atomic mass is 32.3. The molecule has 2 amide bonds. The third-order valence-corrected chi connectivity index (χ3v) is 8.03. The smallest absolute Gasteiger partial charge is 0.336 e. The van der Waals surface area contributed by atoms with E-state index in [1.54, 1.807) is 9.44 Å². The first-order valence-corrected chi connectivity index (χ1v) is 11.3. The Morgan fingerprint density at radius 1 is 0.840 bits per heavy atom. The van der Waals surface area contributed by atoms with Crippen LogP contribution in [0.4, 0.5) is 9.59 Å². The molecule has 0 saturated carbocycles. The molecule has 0 aliphatic carbocycles. The number of hydrogen-bond acceptors (Lipinski definition) is 11. The van der Waals surface area contributed by atoms with E-state index >= 15 is 0 Å². The first-order chi connectivity index (χ1) is 11.7. The van der Waals surface area contributed by atoms with Crippen LogP contribution in [-0.4, -0.2) is 29.0 Å². The standard InChI is InChI=1S/C10H8N2O8S5/c13-9(11-24(15,16)7-3-1-5-21-7)19-23-20-10(14)12-25(17,18)8-4-2-6-22-8/h1-6H,(H,11,13)(H,12,14). The lowest BCUT2D eigenvalue weighted by atomic mass is 10.7. The SMILES string of the molecule is O=C(NS(=O)(=O)c1cccs1)OSOC(=O)NS(=O)(=O)c1cccs1. The van der Waals surface area contributed by atoms with Crippen molar-refractivity contribution in [2.24, 2.45) is 0 Å². The molecule has 0 bridgehead atoms. The summed E-state index contributed by atoms with van der Waals surface area (Å²) in [5, 5.41) is 2.99. The Bertz CT molecular complexity index is 855. The highest BCUT2D eigenvalue weighted by Crippen LogP contribution is 2.17. The molecule has 0 aromatic carbocycles. The fraction of sp³-hybridized carbons (Fsp3) is 0. The molecule has 0 aliphatic heterocycles. The van der Waals surface area contributed by atoms with Crippen LogP contribution >= 0.6 is 35.0 Å². The summed E-state index contributed by atoms with van der Waals surface area (Å²) in [5.41, 5.74) is 0. The summed E-state index contributed by atoms with van der Waals surface area (Å²) in [6, 6.07) is 5.49. The molecule has 2 aromatic heterocycles. The Morgan fingerprint density at radius 2 is 1.24 bits per heavy atom. The largest absolute Gasteiger partial charge is 0.435 e. The summed E-state index contributed by atoms with van der Waals surface area (Å²) in [7, 11) is -8.19. The Hall–Kier alpha value is -1.81. The Morgan fingerprint density at radius 3 is 1.56 bits per heavy atom. The van der Waals surface area contributed by atoms with E-state index in [4.69, 9.17) is 0 Å². The van der Waals surface area contributed by atoms with Crippen LogP contribution in [0.15, 0.2) is 43.4 Å². The van der Waals surface area contributed by atoms with Crippen molar-refractivity contribution in [2.45, 2.75) is 8.42 Å². The average Bonchev–Trinajstić information content (AvgIpc) is 3.20. The van der Waals surface area contributed by atoms with Crippen LogP contribution in [0.1, 0.15) is 0 Å². The van der Waals surface area contributed by atoms with E-state index in [9.17, 15) is 26.4 Å². The van der Waals surface area contributed by atoms with Crippen molar-refractivity contribution >= 4 is 67.2 Å². The maximum atomic E-state index is 11.7. The Balaban J connectivity index is 1.78. The van der Waals surface area contributed by atoms with E-state index in [2.05, 4.69) is 8.37 Å². The zero-order valence-corrected chi connectivity index (χ0v) is 15.9. The lowest BCUT2D eigenvalue weighted by Crippen LogP contribution is -2.31. The van der Waals surface area contributed by atoms with Crippen LogP contribution < -0.4 is 9.44 Å². The van der Waals surface area contributed by atoms with Crippen molar-refractivity contribution in [3.8, 4) is 0 Å². The second kappa shape index (κ2) is 8.05. The van der Waals surface area contributed by atoms with E-state index in [0.29, 0.717) is 0 Å². The molecule has 0 saturated heterocycles. The molecule has 136 valence electrons. The molecule has 25 heavy (non-hydrogen) atoms. The van der Waals surface area contributed by atoms with E-state index in [0.717, 1.165) is 22.7 Å². The number of rotatable bonds is 6. The van der Waals surface area contributed by atoms with Gasteiger partial charge >= 0.3 is 24.5 Å². The second-order valence-corrected chi connectivity index (χ2v) is 10.1. The van der Waals surface area contributed by atoms with Gasteiger partial charge in [-0.2, -0.15) is 0 Å². The molecule has 0 spiro atoms. The van der Waals surface area contributed by atoms with Crippen LogP contribution in [0, 0.1) is 0 Å². The molecule has 10 nitrogen and oxygen atoms in total. The minimum atomic E-state index is -4.10. The number of sulfonamides is 2. The Kier molecular flexibility index (Phi) is 6.28. The Labute approximate surface area is 154 Å². The average molecular weight is 445 g/mol. The molecule has 2 aromatic rings. The van der Waals surface area contributed by atoms with Crippen LogP contribution in [-0.2, 0) is 28.4 Å². The number of amides is 2. The molecular formula is C10H8N2O8S5. The van der Waals surface area contributed by atoms with Crippen LogP contribution in [0.25, 0.3) is 0 Å². The first-order valence-electron chi connectivity index (χ1n) is 5.92. The molecule has 2 rings (SSSR count). The van der Waals surface area contributed by atoms with Crippen LogP contribution in [0.3, 0.4) is 0 Å². The molecule has 0 aliphatic rings. The topological polar surface area (TPSA) is 145 Å². The predicted octanol–water partition coefficient (Wildman–Crippen LogP) is 1.90. The third-order valence-electron chi connectivity index (χ3n) is 2.17. The van der Waals surface area contributed by atoms with E-state index in [1.165, 1.54) is 35.0 Å².